The molecule has 2 N–H and O–H groups in total. The average molecular weight is 596 g/mol. The van der Waals surface area contributed by atoms with Crippen molar-refractivity contribution in [3.05, 3.63) is 70.4 Å². The van der Waals surface area contributed by atoms with E-state index in [0.717, 1.165) is 42.2 Å². The van der Waals surface area contributed by atoms with E-state index < -0.39 is 10.0 Å². The summed E-state index contributed by atoms with van der Waals surface area (Å²) < 4.78 is 36.3. The van der Waals surface area contributed by atoms with Crippen molar-refractivity contribution < 1.29 is 18.3 Å². The number of H-pyrrole nitrogens is 1. The van der Waals surface area contributed by atoms with Gasteiger partial charge in [0.15, 0.2) is 11.3 Å². The van der Waals surface area contributed by atoms with Gasteiger partial charge in [-0.25, -0.2) is 17.9 Å². The van der Waals surface area contributed by atoms with Crippen LogP contribution >= 0.6 is 0 Å². The number of aromatic amines is 1. The van der Waals surface area contributed by atoms with Crippen molar-refractivity contribution in [2.45, 2.75) is 77.0 Å². The molecule has 0 saturated carbocycles. The number of aliphatic hydroxyl groups excluding tert-OH is 1. The van der Waals surface area contributed by atoms with E-state index in [2.05, 4.69) is 18.8 Å². The first-order valence-electron chi connectivity index (χ1n) is 14.7. The van der Waals surface area contributed by atoms with E-state index >= 15 is 0 Å². The molecule has 11 heteroatoms. The fraction of sp³-hybridized carbons (Fsp3) is 0.452. The monoisotopic (exact) mass is 595 g/mol. The minimum Gasteiger partial charge on any atom is -0.493 e. The van der Waals surface area contributed by atoms with E-state index in [-0.39, 0.29) is 35.3 Å². The molecule has 42 heavy (non-hydrogen) atoms. The number of benzene rings is 2. The van der Waals surface area contributed by atoms with E-state index in [9.17, 15) is 18.3 Å². The molecule has 10 nitrogen and oxygen atoms in total. The predicted molar refractivity (Wildman–Crippen MR) is 165 cm³/mol. The molecular formula is C31H41N5O5S. The molecule has 0 spiro atoms. The molecule has 4 aromatic rings. The number of unbranched alkanes of at least 4 members (excludes halogenated alkanes) is 3. The molecule has 1 atom stereocenters. The lowest BCUT2D eigenvalue weighted by atomic mass is 9.97. The number of imidazole rings is 1. The SMILES string of the molecule is CCCCCCC(CC)c1nc(C)c2c(=O)[nH]c(-c3cc(S(=O)(=O)N(CCO)c4ccccc4)ccc3OCC)nn12. The standard InChI is InChI=1S/C31H41N5O5S/c1-5-8-9-11-14-23(6-2)30-32-22(4)28-31(38)33-29(34-36(28)30)26-21-25(17-18-27(26)41-7-3)42(39,40)35(19-20-37)24-15-12-10-13-16-24/h10,12-13,15-18,21,23,37H,5-9,11,14,19-20H2,1-4H3,(H,33,34,38). The number of hydrogen-bond acceptors (Lipinski definition) is 7. The van der Waals surface area contributed by atoms with Gasteiger partial charge < -0.3 is 14.8 Å². The van der Waals surface area contributed by atoms with Gasteiger partial charge >= 0.3 is 0 Å². The Labute approximate surface area is 247 Å². The molecule has 2 aromatic heterocycles. The Hall–Kier alpha value is -3.70. The highest BCUT2D eigenvalue weighted by atomic mass is 32.2. The van der Waals surface area contributed by atoms with E-state index in [4.69, 9.17) is 14.8 Å². The minimum absolute atomic E-state index is 0.0228. The third-order valence-electron chi connectivity index (χ3n) is 7.41. The zero-order valence-electron chi connectivity index (χ0n) is 24.8. The maximum atomic E-state index is 13.9. The molecule has 0 amide bonds. The highest BCUT2D eigenvalue weighted by Gasteiger charge is 2.27. The number of para-hydroxylation sites is 1. The maximum absolute atomic E-state index is 13.9. The second-order valence-electron chi connectivity index (χ2n) is 10.3. The summed E-state index contributed by atoms with van der Waals surface area (Å²) in [6, 6.07) is 13.1. The molecule has 0 fully saturated rings. The summed E-state index contributed by atoms with van der Waals surface area (Å²) in [5, 5.41) is 14.5. The van der Waals surface area contributed by atoms with E-state index in [1.54, 1.807) is 47.8 Å². The molecule has 1 unspecified atom stereocenters. The van der Waals surface area contributed by atoms with Crippen LogP contribution in [-0.2, 0) is 10.0 Å². The van der Waals surface area contributed by atoms with Gasteiger partial charge in [0.2, 0.25) is 0 Å². The summed E-state index contributed by atoms with van der Waals surface area (Å²) in [4.78, 5) is 21.0. The summed E-state index contributed by atoms with van der Waals surface area (Å²) in [6.45, 7) is 7.78. The minimum atomic E-state index is -4.09. The van der Waals surface area contributed by atoms with Crippen LogP contribution in [0.2, 0.25) is 0 Å². The second kappa shape index (κ2) is 14.0. The van der Waals surface area contributed by atoms with Crippen molar-refractivity contribution in [2.24, 2.45) is 0 Å². The lowest BCUT2D eigenvalue weighted by molar-refractivity contribution is 0.306. The van der Waals surface area contributed by atoms with Crippen LogP contribution in [0.15, 0.2) is 58.2 Å². The third kappa shape index (κ3) is 6.52. The molecule has 0 aliphatic rings. The Bertz CT molecular complexity index is 1650. The van der Waals surface area contributed by atoms with Crippen LogP contribution in [0.5, 0.6) is 5.75 Å². The summed E-state index contributed by atoms with van der Waals surface area (Å²) >= 11 is 0. The molecule has 0 bridgehead atoms. The molecule has 2 heterocycles. The van der Waals surface area contributed by atoms with E-state index in [1.807, 2.05) is 6.92 Å². The lowest BCUT2D eigenvalue weighted by Gasteiger charge is -2.24. The molecule has 2 aromatic carbocycles. The van der Waals surface area contributed by atoms with Crippen LogP contribution in [0.4, 0.5) is 5.69 Å². The Balaban J connectivity index is 1.85. The highest BCUT2D eigenvalue weighted by molar-refractivity contribution is 7.92. The summed E-state index contributed by atoms with van der Waals surface area (Å²) in [6.07, 6.45) is 6.34. The van der Waals surface area contributed by atoms with Gasteiger partial charge in [-0.05, 0) is 57.0 Å². The topological polar surface area (TPSA) is 130 Å². The van der Waals surface area contributed by atoms with Crippen molar-refractivity contribution in [3.63, 3.8) is 0 Å². The van der Waals surface area contributed by atoms with Crippen molar-refractivity contribution in [1.82, 2.24) is 19.6 Å². The van der Waals surface area contributed by atoms with Crippen LogP contribution in [0, 0.1) is 6.92 Å². The number of ether oxygens (including phenoxy) is 1. The van der Waals surface area contributed by atoms with E-state index in [0.29, 0.717) is 34.8 Å². The number of sulfonamides is 1. The fourth-order valence-electron chi connectivity index (χ4n) is 5.25. The molecule has 0 saturated heterocycles. The van der Waals surface area contributed by atoms with Gasteiger partial charge in [-0.15, -0.1) is 5.10 Å². The average Bonchev–Trinajstić information content (AvgIpc) is 3.32. The maximum Gasteiger partial charge on any atom is 0.277 e. The first-order chi connectivity index (χ1) is 20.3. The third-order valence-corrected chi connectivity index (χ3v) is 9.23. The number of nitrogens with one attached hydrogen (secondary N) is 1. The number of fused-ring (bicyclic) bond motifs is 1. The number of nitrogens with zero attached hydrogens (tertiary/aromatic N) is 4. The van der Waals surface area contributed by atoms with Crippen LogP contribution < -0.4 is 14.6 Å². The van der Waals surface area contributed by atoms with Crippen LogP contribution in [0.3, 0.4) is 0 Å². The van der Waals surface area contributed by atoms with Crippen molar-refractivity contribution in [1.29, 1.82) is 0 Å². The summed E-state index contributed by atoms with van der Waals surface area (Å²) in [5.74, 6) is 1.42. The molecule has 0 radical (unpaired) electrons. The van der Waals surface area contributed by atoms with Gasteiger partial charge in [0.1, 0.15) is 11.6 Å². The lowest BCUT2D eigenvalue weighted by Crippen LogP contribution is -2.33. The number of anilines is 1. The quantitative estimate of drug-likeness (QED) is 0.175. The molecule has 226 valence electrons. The van der Waals surface area contributed by atoms with Crippen molar-refractivity contribution in [2.75, 3.05) is 24.1 Å². The normalized spacial score (nSPS) is 12.5. The molecular weight excluding hydrogens is 554 g/mol. The predicted octanol–water partition coefficient (Wildman–Crippen LogP) is 5.44. The Morgan fingerprint density at radius 1 is 1.07 bits per heavy atom. The van der Waals surface area contributed by atoms with E-state index in [1.165, 1.54) is 18.6 Å². The van der Waals surface area contributed by atoms with Gasteiger partial charge in [0.05, 0.1) is 41.6 Å². The second-order valence-corrected chi connectivity index (χ2v) is 12.2. The van der Waals surface area contributed by atoms with Gasteiger partial charge in [-0.3, -0.25) is 9.10 Å². The molecule has 0 aliphatic heterocycles. The van der Waals surface area contributed by atoms with Crippen molar-refractivity contribution in [3.8, 4) is 17.1 Å². The zero-order chi connectivity index (χ0) is 30.3. The number of aryl methyl sites for hydroxylation is 1. The number of aliphatic hydroxyl groups is 1. The van der Waals surface area contributed by atoms with Crippen LogP contribution in [0.25, 0.3) is 16.9 Å². The van der Waals surface area contributed by atoms with Gasteiger partial charge in [-0.1, -0.05) is 57.7 Å². The summed E-state index contributed by atoms with van der Waals surface area (Å²) in [5.41, 5.74) is 1.38. The Morgan fingerprint density at radius 3 is 2.50 bits per heavy atom. The fourth-order valence-corrected chi connectivity index (χ4v) is 6.73. The Morgan fingerprint density at radius 2 is 1.83 bits per heavy atom. The first kappa shape index (κ1) is 31.2. The van der Waals surface area contributed by atoms with Crippen LogP contribution in [0.1, 0.15) is 76.7 Å². The van der Waals surface area contributed by atoms with Crippen molar-refractivity contribution >= 4 is 21.2 Å². The summed E-state index contributed by atoms with van der Waals surface area (Å²) in [7, 11) is -4.09. The first-order valence-corrected chi connectivity index (χ1v) is 16.2. The number of rotatable bonds is 15. The smallest absolute Gasteiger partial charge is 0.277 e. The van der Waals surface area contributed by atoms with Gasteiger partial charge in [0, 0.05) is 5.92 Å². The largest absolute Gasteiger partial charge is 0.493 e. The Kier molecular flexibility index (Phi) is 10.4. The molecule has 0 aliphatic carbocycles. The zero-order valence-corrected chi connectivity index (χ0v) is 25.7. The number of aromatic nitrogens is 4. The molecule has 4 rings (SSSR count). The van der Waals surface area contributed by atoms with Gasteiger partial charge in [-0.2, -0.15) is 0 Å². The van der Waals surface area contributed by atoms with Gasteiger partial charge in [0.25, 0.3) is 15.6 Å². The van der Waals surface area contributed by atoms with Crippen LogP contribution in [-0.4, -0.2) is 52.9 Å². The highest BCUT2D eigenvalue weighted by Crippen LogP contribution is 2.33. The number of hydrogen-bond donors (Lipinski definition) is 2.